The van der Waals surface area contributed by atoms with Gasteiger partial charge in [0.15, 0.2) is 0 Å². The summed E-state index contributed by atoms with van der Waals surface area (Å²) >= 11 is 6.13. The van der Waals surface area contributed by atoms with Crippen LogP contribution in [0, 0.1) is 0 Å². The standard InChI is InChI=1S/C13H15ClN2O/c1-7(15)13(2-3-13)10-6-9(14)4-8-5-11(17)16-12(8)10/h4,6-7H,2-3,5,15H2,1H3,(H,16,17). The molecule has 0 bridgehead atoms. The first-order valence-electron chi connectivity index (χ1n) is 5.91. The van der Waals surface area contributed by atoms with E-state index in [9.17, 15) is 4.79 Å². The summed E-state index contributed by atoms with van der Waals surface area (Å²) in [5.41, 5.74) is 9.19. The Kier molecular flexibility index (Phi) is 2.25. The highest BCUT2D eigenvalue weighted by Gasteiger charge is 2.49. The van der Waals surface area contributed by atoms with Crippen molar-refractivity contribution in [3.63, 3.8) is 0 Å². The highest BCUT2D eigenvalue weighted by molar-refractivity contribution is 6.31. The van der Waals surface area contributed by atoms with Gasteiger partial charge in [0.25, 0.3) is 0 Å². The molecule has 1 aliphatic carbocycles. The Balaban J connectivity index is 2.15. The molecule has 3 N–H and O–H groups in total. The quantitative estimate of drug-likeness (QED) is 0.846. The number of halogens is 1. The Morgan fingerprint density at radius 3 is 2.76 bits per heavy atom. The van der Waals surface area contributed by atoms with Crippen molar-refractivity contribution in [2.45, 2.75) is 37.6 Å². The molecule has 1 aliphatic heterocycles. The van der Waals surface area contributed by atoms with E-state index in [0.717, 1.165) is 29.7 Å². The lowest BCUT2D eigenvalue weighted by Gasteiger charge is -2.23. The second kappa shape index (κ2) is 3.47. The van der Waals surface area contributed by atoms with E-state index in [-0.39, 0.29) is 17.4 Å². The molecule has 0 saturated heterocycles. The van der Waals surface area contributed by atoms with Gasteiger partial charge in [-0.15, -0.1) is 0 Å². The summed E-state index contributed by atoms with van der Waals surface area (Å²) in [7, 11) is 0. The van der Waals surface area contributed by atoms with Crippen molar-refractivity contribution in [3.05, 3.63) is 28.3 Å². The minimum Gasteiger partial charge on any atom is -0.327 e. The first kappa shape index (κ1) is 11.1. The normalized spacial score (nSPS) is 21.9. The van der Waals surface area contributed by atoms with Crippen molar-refractivity contribution in [1.82, 2.24) is 0 Å². The van der Waals surface area contributed by atoms with E-state index in [0.29, 0.717) is 11.4 Å². The number of nitrogens with one attached hydrogen (secondary N) is 1. The van der Waals surface area contributed by atoms with Crippen molar-refractivity contribution < 1.29 is 4.79 Å². The van der Waals surface area contributed by atoms with Crippen LogP contribution >= 0.6 is 11.6 Å². The lowest BCUT2D eigenvalue weighted by molar-refractivity contribution is -0.115. The molecule has 3 rings (SSSR count). The molecular formula is C13H15ClN2O. The fourth-order valence-electron chi connectivity index (χ4n) is 2.80. The predicted octanol–water partition coefficient (Wildman–Crippen LogP) is 2.21. The van der Waals surface area contributed by atoms with Crippen LogP contribution in [0.4, 0.5) is 5.69 Å². The zero-order chi connectivity index (χ0) is 12.2. The zero-order valence-electron chi connectivity index (χ0n) is 9.72. The maximum absolute atomic E-state index is 11.5. The summed E-state index contributed by atoms with van der Waals surface area (Å²) in [6.07, 6.45) is 2.58. The largest absolute Gasteiger partial charge is 0.327 e. The number of amides is 1. The number of nitrogens with two attached hydrogens (primary N) is 1. The van der Waals surface area contributed by atoms with E-state index in [2.05, 4.69) is 5.32 Å². The highest BCUT2D eigenvalue weighted by atomic mass is 35.5. The SMILES string of the molecule is CC(N)C1(c2cc(Cl)cc3c2NC(=O)C3)CC1. The molecule has 1 aromatic rings. The topological polar surface area (TPSA) is 55.1 Å². The number of carbonyl (C=O) groups excluding carboxylic acids is 1. The molecule has 1 saturated carbocycles. The van der Waals surface area contributed by atoms with Gasteiger partial charge in [-0.25, -0.2) is 0 Å². The Labute approximate surface area is 105 Å². The summed E-state index contributed by atoms with van der Waals surface area (Å²) in [6, 6.07) is 3.92. The van der Waals surface area contributed by atoms with Crippen molar-refractivity contribution in [1.29, 1.82) is 0 Å². The minimum absolute atomic E-state index is 0.0204. The Morgan fingerprint density at radius 1 is 1.47 bits per heavy atom. The van der Waals surface area contributed by atoms with Crippen LogP contribution in [0.15, 0.2) is 12.1 Å². The third kappa shape index (κ3) is 1.57. The highest BCUT2D eigenvalue weighted by Crippen LogP contribution is 2.54. The molecule has 0 spiro atoms. The van der Waals surface area contributed by atoms with Crippen molar-refractivity contribution in [3.8, 4) is 0 Å². The van der Waals surface area contributed by atoms with Gasteiger partial charge in [-0.2, -0.15) is 0 Å². The fourth-order valence-corrected chi connectivity index (χ4v) is 3.05. The molecule has 1 fully saturated rings. The number of carbonyl (C=O) groups is 1. The molecule has 1 aromatic carbocycles. The average molecular weight is 251 g/mol. The number of hydrogen-bond donors (Lipinski definition) is 2. The van der Waals surface area contributed by atoms with Crippen LogP contribution in [0.3, 0.4) is 0 Å². The predicted molar refractivity (Wildman–Crippen MR) is 68.3 cm³/mol. The van der Waals surface area contributed by atoms with Gasteiger partial charge in [0.05, 0.1) is 6.42 Å². The van der Waals surface area contributed by atoms with Crippen LogP contribution in [-0.2, 0) is 16.6 Å². The zero-order valence-corrected chi connectivity index (χ0v) is 10.5. The smallest absolute Gasteiger partial charge is 0.228 e. The number of rotatable bonds is 2. The Bertz CT molecular complexity index is 506. The molecule has 90 valence electrons. The third-order valence-electron chi connectivity index (χ3n) is 4.00. The van der Waals surface area contributed by atoms with Crippen LogP contribution in [0.2, 0.25) is 5.02 Å². The van der Waals surface area contributed by atoms with Crippen LogP contribution < -0.4 is 11.1 Å². The molecule has 1 amide bonds. The van der Waals surface area contributed by atoms with Crippen LogP contribution in [0.1, 0.15) is 30.9 Å². The molecule has 4 heteroatoms. The van der Waals surface area contributed by atoms with Gasteiger partial charge in [0.1, 0.15) is 0 Å². The molecule has 3 nitrogen and oxygen atoms in total. The fraction of sp³-hybridized carbons (Fsp3) is 0.462. The number of anilines is 1. The second-order valence-corrected chi connectivity index (χ2v) is 5.59. The van der Waals surface area contributed by atoms with Crippen LogP contribution in [0.25, 0.3) is 0 Å². The second-order valence-electron chi connectivity index (χ2n) is 5.16. The Hall–Kier alpha value is -1.06. The Morgan fingerprint density at radius 2 is 2.18 bits per heavy atom. The van der Waals surface area contributed by atoms with Gasteiger partial charge in [0, 0.05) is 22.2 Å². The maximum Gasteiger partial charge on any atom is 0.228 e. The van der Waals surface area contributed by atoms with Crippen molar-refractivity contribution >= 4 is 23.2 Å². The molecule has 1 unspecified atom stereocenters. The van der Waals surface area contributed by atoms with E-state index < -0.39 is 0 Å². The minimum atomic E-state index is 0.0204. The lowest BCUT2D eigenvalue weighted by Crippen LogP contribution is -2.32. The number of fused-ring (bicyclic) bond motifs is 1. The summed E-state index contributed by atoms with van der Waals surface area (Å²) in [5, 5.41) is 3.64. The van der Waals surface area contributed by atoms with E-state index in [1.54, 1.807) is 0 Å². The molecule has 17 heavy (non-hydrogen) atoms. The molecule has 2 aliphatic rings. The summed E-state index contributed by atoms with van der Waals surface area (Å²) in [4.78, 5) is 11.5. The van der Waals surface area contributed by atoms with Crippen molar-refractivity contribution in [2.75, 3.05) is 5.32 Å². The van der Waals surface area contributed by atoms with Gasteiger partial charge in [-0.3, -0.25) is 4.79 Å². The van der Waals surface area contributed by atoms with Crippen molar-refractivity contribution in [2.24, 2.45) is 5.73 Å². The maximum atomic E-state index is 11.5. The number of hydrogen-bond acceptors (Lipinski definition) is 2. The molecule has 0 aromatic heterocycles. The van der Waals surface area contributed by atoms with Crippen LogP contribution in [-0.4, -0.2) is 11.9 Å². The molecule has 1 heterocycles. The monoisotopic (exact) mass is 250 g/mol. The van der Waals surface area contributed by atoms with Gasteiger partial charge in [-0.1, -0.05) is 11.6 Å². The van der Waals surface area contributed by atoms with Gasteiger partial charge < -0.3 is 11.1 Å². The van der Waals surface area contributed by atoms with Gasteiger partial charge in [0.2, 0.25) is 5.91 Å². The lowest BCUT2D eigenvalue weighted by atomic mass is 9.87. The van der Waals surface area contributed by atoms with E-state index in [1.165, 1.54) is 0 Å². The van der Waals surface area contributed by atoms with Gasteiger partial charge >= 0.3 is 0 Å². The third-order valence-corrected chi connectivity index (χ3v) is 4.22. The molecule has 1 atom stereocenters. The average Bonchev–Trinajstić information content (AvgIpc) is 2.96. The van der Waals surface area contributed by atoms with Gasteiger partial charge in [-0.05, 0) is 43.0 Å². The van der Waals surface area contributed by atoms with E-state index in [1.807, 2.05) is 19.1 Å². The first-order chi connectivity index (χ1) is 8.03. The van der Waals surface area contributed by atoms with Crippen LogP contribution in [0.5, 0.6) is 0 Å². The summed E-state index contributed by atoms with van der Waals surface area (Å²) < 4.78 is 0. The summed E-state index contributed by atoms with van der Waals surface area (Å²) in [6.45, 7) is 2.02. The van der Waals surface area contributed by atoms with E-state index >= 15 is 0 Å². The summed E-state index contributed by atoms with van der Waals surface area (Å²) in [5.74, 6) is 0.0454. The molecule has 0 radical (unpaired) electrons. The number of benzene rings is 1. The molecular weight excluding hydrogens is 236 g/mol. The first-order valence-corrected chi connectivity index (χ1v) is 6.29. The van der Waals surface area contributed by atoms with E-state index in [4.69, 9.17) is 17.3 Å².